The van der Waals surface area contributed by atoms with Gasteiger partial charge in [-0.2, -0.15) is 0 Å². The first-order chi connectivity index (χ1) is 10.5. The second-order valence-corrected chi connectivity index (χ2v) is 6.15. The summed E-state index contributed by atoms with van der Waals surface area (Å²) < 4.78 is 0. The average molecular weight is 295 g/mol. The summed E-state index contributed by atoms with van der Waals surface area (Å²) in [6.45, 7) is 10.2. The Labute approximate surface area is 133 Å². The zero-order chi connectivity index (χ0) is 16.3. The molecule has 0 radical (unpaired) electrons. The zero-order valence-electron chi connectivity index (χ0n) is 14.1. The van der Waals surface area contributed by atoms with Crippen molar-refractivity contribution in [3.63, 3.8) is 0 Å². The van der Waals surface area contributed by atoms with Crippen molar-refractivity contribution in [2.45, 2.75) is 46.7 Å². The normalized spacial score (nSPS) is 11.8. The van der Waals surface area contributed by atoms with E-state index in [1.165, 1.54) is 0 Å². The molecule has 2 nitrogen and oxygen atoms in total. The number of rotatable bonds is 4. The second-order valence-electron chi connectivity index (χ2n) is 6.15. The number of carbonyl (C=O) groups excluding carboxylic acids is 1. The monoisotopic (exact) mass is 295 g/mol. The van der Waals surface area contributed by atoms with Crippen molar-refractivity contribution in [2.75, 3.05) is 0 Å². The van der Waals surface area contributed by atoms with Crippen molar-refractivity contribution < 1.29 is 4.79 Å². The molecule has 0 N–H and O–H groups in total. The smallest absolute Gasteiger partial charge is 0.255 e. The summed E-state index contributed by atoms with van der Waals surface area (Å²) in [5.74, 6) is 0.106. The van der Waals surface area contributed by atoms with E-state index in [0.29, 0.717) is 0 Å². The molecule has 0 aliphatic rings. The van der Waals surface area contributed by atoms with E-state index in [0.717, 1.165) is 21.9 Å². The molecule has 2 heteroatoms. The third kappa shape index (κ3) is 3.06. The van der Waals surface area contributed by atoms with Crippen LogP contribution >= 0.6 is 0 Å². The summed E-state index contributed by atoms with van der Waals surface area (Å²) in [5, 5.41) is 2.13. The molecule has 0 aromatic heterocycles. The lowest BCUT2D eigenvalue weighted by molar-refractivity contribution is 0.0645. The minimum absolute atomic E-state index is 0.106. The van der Waals surface area contributed by atoms with Crippen LogP contribution in [0.2, 0.25) is 0 Å². The Kier molecular flexibility index (Phi) is 5.02. The van der Waals surface area contributed by atoms with Gasteiger partial charge < -0.3 is 4.90 Å². The molecular weight excluding hydrogens is 270 g/mol. The van der Waals surface area contributed by atoms with Crippen LogP contribution in [-0.2, 0) is 0 Å². The highest BCUT2D eigenvalue weighted by atomic mass is 16.2. The molecule has 0 aliphatic heterocycles. The third-order valence-electron chi connectivity index (χ3n) is 3.87. The number of amides is 1. The molecule has 2 aromatic carbocycles. The molecule has 0 saturated carbocycles. The van der Waals surface area contributed by atoms with E-state index in [2.05, 4.69) is 39.8 Å². The van der Waals surface area contributed by atoms with E-state index >= 15 is 0 Å². The van der Waals surface area contributed by atoms with Crippen molar-refractivity contribution in [3.8, 4) is 0 Å². The molecule has 0 aliphatic carbocycles. The molecule has 0 saturated heterocycles. The quantitative estimate of drug-likeness (QED) is 0.765. The standard InChI is InChI=1S/C20H25NO/c1-6-9-17-13-12-16-10-7-8-11-18(16)19(17)20(22)21(14(2)3)15(4)5/h6-15H,1-5H3. The van der Waals surface area contributed by atoms with Crippen molar-refractivity contribution >= 4 is 22.8 Å². The van der Waals surface area contributed by atoms with Gasteiger partial charge in [0.25, 0.3) is 5.91 Å². The largest absolute Gasteiger partial charge is 0.334 e. The molecule has 0 heterocycles. The Bertz CT molecular complexity index is 690. The second kappa shape index (κ2) is 6.78. The Balaban J connectivity index is 2.70. The van der Waals surface area contributed by atoms with Crippen LogP contribution in [0.5, 0.6) is 0 Å². The fourth-order valence-corrected chi connectivity index (χ4v) is 3.04. The Hall–Kier alpha value is -2.09. The van der Waals surface area contributed by atoms with Gasteiger partial charge in [0.1, 0.15) is 0 Å². The number of benzene rings is 2. The van der Waals surface area contributed by atoms with Crippen molar-refractivity contribution in [1.82, 2.24) is 4.90 Å². The van der Waals surface area contributed by atoms with Crippen LogP contribution in [0.1, 0.15) is 50.5 Å². The topological polar surface area (TPSA) is 20.3 Å². The van der Waals surface area contributed by atoms with Crippen molar-refractivity contribution in [1.29, 1.82) is 0 Å². The summed E-state index contributed by atoms with van der Waals surface area (Å²) in [6, 6.07) is 12.6. The Morgan fingerprint density at radius 2 is 1.64 bits per heavy atom. The molecule has 116 valence electrons. The molecule has 22 heavy (non-hydrogen) atoms. The fourth-order valence-electron chi connectivity index (χ4n) is 3.04. The summed E-state index contributed by atoms with van der Waals surface area (Å²) in [4.78, 5) is 15.2. The minimum Gasteiger partial charge on any atom is -0.334 e. The molecule has 0 fully saturated rings. The highest BCUT2D eigenvalue weighted by molar-refractivity contribution is 6.10. The van der Waals surface area contributed by atoms with Crippen molar-refractivity contribution in [2.24, 2.45) is 0 Å². The van der Waals surface area contributed by atoms with Gasteiger partial charge in [-0.15, -0.1) is 0 Å². The van der Waals surface area contributed by atoms with Crippen LogP contribution in [0.25, 0.3) is 16.8 Å². The molecule has 2 rings (SSSR count). The van der Waals surface area contributed by atoms with E-state index in [9.17, 15) is 4.79 Å². The van der Waals surface area contributed by atoms with E-state index in [4.69, 9.17) is 0 Å². The van der Waals surface area contributed by atoms with Crippen molar-refractivity contribution in [3.05, 3.63) is 53.6 Å². The third-order valence-corrected chi connectivity index (χ3v) is 3.87. The van der Waals surface area contributed by atoms with Gasteiger partial charge in [0, 0.05) is 12.1 Å². The van der Waals surface area contributed by atoms with E-state index in [1.807, 2.05) is 48.2 Å². The number of hydrogen-bond donors (Lipinski definition) is 0. The predicted octanol–water partition coefficient (Wildman–Crippen LogP) is 5.13. The van der Waals surface area contributed by atoms with Gasteiger partial charge in [-0.1, -0.05) is 48.6 Å². The average Bonchev–Trinajstić information content (AvgIpc) is 2.46. The molecule has 1 amide bonds. The lowest BCUT2D eigenvalue weighted by atomic mass is 9.96. The first-order valence-corrected chi connectivity index (χ1v) is 7.94. The minimum atomic E-state index is 0.106. The van der Waals surface area contributed by atoms with Gasteiger partial charge in [-0.25, -0.2) is 0 Å². The van der Waals surface area contributed by atoms with Gasteiger partial charge in [-0.3, -0.25) is 4.79 Å². The fraction of sp³-hybridized carbons (Fsp3) is 0.350. The Morgan fingerprint density at radius 3 is 2.23 bits per heavy atom. The highest BCUT2D eigenvalue weighted by Crippen LogP contribution is 2.26. The Morgan fingerprint density at radius 1 is 1.00 bits per heavy atom. The van der Waals surface area contributed by atoms with Crippen LogP contribution in [-0.4, -0.2) is 22.9 Å². The van der Waals surface area contributed by atoms with E-state index < -0.39 is 0 Å². The first kappa shape index (κ1) is 16.3. The molecular formula is C20H25NO. The molecule has 0 unspecified atom stereocenters. The van der Waals surface area contributed by atoms with Crippen LogP contribution < -0.4 is 0 Å². The summed E-state index contributed by atoms with van der Waals surface area (Å²) >= 11 is 0. The number of fused-ring (bicyclic) bond motifs is 1. The van der Waals surface area contributed by atoms with Gasteiger partial charge in [0.05, 0.1) is 5.56 Å². The van der Waals surface area contributed by atoms with Gasteiger partial charge >= 0.3 is 0 Å². The van der Waals surface area contributed by atoms with Crippen LogP contribution in [0, 0.1) is 0 Å². The number of allylic oxidation sites excluding steroid dienone is 1. The number of nitrogens with zero attached hydrogens (tertiary/aromatic N) is 1. The predicted molar refractivity (Wildman–Crippen MR) is 95.1 cm³/mol. The maximum Gasteiger partial charge on any atom is 0.255 e. The summed E-state index contributed by atoms with van der Waals surface area (Å²) in [7, 11) is 0. The maximum absolute atomic E-state index is 13.2. The van der Waals surface area contributed by atoms with E-state index in [-0.39, 0.29) is 18.0 Å². The van der Waals surface area contributed by atoms with Gasteiger partial charge in [-0.05, 0) is 51.0 Å². The van der Waals surface area contributed by atoms with Crippen LogP contribution in [0.3, 0.4) is 0 Å². The first-order valence-electron chi connectivity index (χ1n) is 7.94. The van der Waals surface area contributed by atoms with Crippen LogP contribution in [0.15, 0.2) is 42.5 Å². The zero-order valence-corrected chi connectivity index (χ0v) is 14.1. The molecule has 0 bridgehead atoms. The summed E-state index contributed by atoms with van der Waals surface area (Å²) in [5.41, 5.74) is 1.79. The van der Waals surface area contributed by atoms with Gasteiger partial charge in [0.15, 0.2) is 0 Å². The molecule has 0 spiro atoms. The highest BCUT2D eigenvalue weighted by Gasteiger charge is 2.24. The van der Waals surface area contributed by atoms with E-state index in [1.54, 1.807) is 0 Å². The number of hydrogen-bond acceptors (Lipinski definition) is 1. The molecule has 2 aromatic rings. The molecule has 0 atom stereocenters. The number of carbonyl (C=O) groups is 1. The van der Waals surface area contributed by atoms with Gasteiger partial charge in [0.2, 0.25) is 0 Å². The lowest BCUT2D eigenvalue weighted by Gasteiger charge is -2.31. The lowest BCUT2D eigenvalue weighted by Crippen LogP contribution is -2.42. The summed E-state index contributed by atoms with van der Waals surface area (Å²) in [6.07, 6.45) is 3.99. The van der Waals surface area contributed by atoms with Crippen LogP contribution in [0.4, 0.5) is 0 Å². The SMILES string of the molecule is CC=Cc1ccc2ccccc2c1C(=O)N(C(C)C)C(C)C. The maximum atomic E-state index is 13.2.